The van der Waals surface area contributed by atoms with Crippen LogP contribution in [0.25, 0.3) is 0 Å². The molecule has 1 fully saturated rings. The van der Waals surface area contributed by atoms with Crippen molar-refractivity contribution in [2.45, 2.75) is 39.2 Å². The summed E-state index contributed by atoms with van der Waals surface area (Å²) in [4.78, 5) is 0. The molecule has 0 heterocycles. The molecule has 1 heteroatoms. The first-order valence-corrected chi connectivity index (χ1v) is 5.65. The van der Waals surface area contributed by atoms with Crippen molar-refractivity contribution in [3.63, 3.8) is 0 Å². The fraction of sp³-hybridized carbons (Fsp3) is 0.538. The van der Waals surface area contributed by atoms with Crippen LogP contribution in [-0.2, 0) is 6.42 Å². The van der Waals surface area contributed by atoms with Gasteiger partial charge in [-0.15, -0.1) is 0 Å². The Morgan fingerprint density at radius 1 is 1.43 bits per heavy atom. The van der Waals surface area contributed by atoms with E-state index in [1.54, 1.807) is 0 Å². The Morgan fingerprint density at radius 2 is 2.21 bits per heavy atom. The van der Waals surface area contributed by atoms with E-state index < -0.39 is 0 Å². The van der Waals surface area contributed by atoms with E-state index in [0.29, 0.717) is 6.04 Å². The fourth-order valence-electron chi connectivity index (χ4n) is 1.86. The highest BCUT2D eigenvalue weighted by Crippen LogP contribution is 2.33. The highest BCUT2D eigenvalue weighted by atomic mass is 14.9. The maximum absolute atomic E-state index is 3.58. The summed E-state index contributed by atoms with van der Waals surface area (Å²) in [5.74, 6) is 0.917. The van der Waals surface area contributed by atoms with Gasteiger partial charge < -0.3 is 5.32 Å². The van der Waals surface area contributed by atoms with Gasteiger partial charge in [-0.2, -0.15) is 0 Å². The van der Waals surface area contributed by atoms with Crippen LogP contribution in [0.3, 0.4) is 0 Å². The van der Waals surface area contributed by atoms with Crippen LogP contribution in [0.1, 0.15) is 32.3 Å². The van der Waals surface area contributed by atoms with Crippen molar-refractivity contribution in [2.24, 2.45) is 5.92 Å². The van der Waals surface area contributed by atoms with Gasteiger partial charge in [-0.1, -0.05) is 19.1 Å². The highest BCUT2D eigenvalue weighted by molar-refractivity contribution is 5.46. The molecule has 0 aromatic heterocycles. The lowest BCUT2D eigenvalue weighted by molar-refractivity contribution is 0.694. The summed E-state index contributed by atoms with van der Waals surface area (Å²) >= 11 is 0. The monoisotopic (exact) mass is 189 g/mol. The van der Waals surface area contributed by atoms with E-state index in [4.69, 9.17) is 0 Å². The van der Waals surface area contributed by atoms with Crippen LogP contribution in [0.15, 0.2) is 24.3 Å². The molecule has 0 aliphatic heterocycles. The largest absolute Gasteiger partial charge is 0.382 e. The number of hydrogen-bond donors (Lipinski definition) is 1. The zero-order chi connectivity index (χ0) is 9.97. The summed E-state index contributed by atoms with van der Waals surface area (Å²) in [5, 5.41) is 3.58. The van der Waals surface area contributed by atoms with Crippen molar-refractivity contribution in [1.29, 1.82) is 0 Å². The van der Waals surface area contributed by atoms with E-state index in [-0.39, 0.29) is 0 Å². The maximum atomic E-state index is 3.58. The van der Waals surface area contributed by atoms with E-state index in [2.05, 4.69) is 43.4 Å². The molecule has 0 saturated heterocycles. The summed E-state index contributed by atoms with van der Waals surface area (Å²) in [6, 6.07) is 9.40. The molecule has 0 bridgehead atoms. The molecule has 1 aliphatic rings. The number of nitrogens with one attached hydrogen (secondary N) is 1. The van der Waals surface area contributed by atoms with Gasteiger partial charge in [0.15, 0.2) is 0 Å². The molecule has 76 valence electrons. The quantitative estimate of drug-likeness (QED) is 0.765. The van der Waals surface area contributed by atoms with Crippen molar-refractivity contribution in [3.8, 4) is 0 Å². The lowest BCUT2D eigenvalue weighted by atomic mass is 10.1. The van der Waals surface area contributed by atoms with Crippen LogP contribution < -0.4 is 5.32 Å². The summed E-state index contributed by atoms with van der Waals surface area (Å²) in [5.41, 5.74) is 2.70. The number of rotatable bonds is 4. The normalized spacial score (nSPS) is 17.9. The van der Waals surface area contributed by atoms with Gasteiger partial charge in [0.1, 0.15) is 0 Å². The van der Waals surface area contributed by atoms with Crippen molar-refractivity contribution in [3.05, 3.63) is 29.8 Å². The molecule has 1 aromatic carbocycles. The Morgan fingerprint density at radius 3 is 2.86 bits per heavy atom. The summed E-state index contributed by atoms with van der Waals surface area (Å²) in [6.45, 7) is 4.49. The van der Waals surface area contributed by atoms with Gasteiger partial charge in [0.25, 0.3) is 0 Å². The zero-order valence-electron chi connectivity index (χ0n) is 9.09. The predicted molar refractivity (Wildman–Crippen MR) is 61.6 cm³/mol. The average Bonchev–Trinajstić information content (AvgIpc) is 3.01. The first kappa shape index (κ1) is 9.57. The number of anilines is 1. The molecule has 1 aromatic rings. The molecular weight excluding hydrogens is 170 g/mol. The number of benzene rings is 1. The average molecular weight is 189 g/mol. The Kier molecular flexibility index (Phi) is 2.76. The molecule has 1 atom stereocenters. The van der Waals surface area contributed by atoms with Gasteiger partial charge in [0.2, 0.25) is 0 Å². The minimum Gasteiger partial charge on any atom is -0.382 e. The lowest BCUT2D eigenvalue weighted by Crippen LogP contribution is -2.17. The number of hydrogen-bond acceptors (Lipinski definition) is 1. The Hall–Kier alpha value is -0.980. The van der Waals surface area contributed by atoms with E-state index in [1.165, 1.54) is 24.1 Å². The first-order valence-electron chi connectivity index (χ1n) is 5.65. The molecule has 1 nitrogen and oxygen atoms in total. The van der Waals surface area contributed by atoms with Gasteiger partial charge in [-0.25, -0.2) is 0 Å². The van der Waals surface area contributed by atoms with Crippen LogP contribution in [0.5, 0.6) is 0 Å². The summed E-state index contributed by atoms with van der Waals surface area (Å²) in [6.07, 6.45) is 3.93. The third-order valence-corrected chi connectivity index (χ3v) is 3.06. The third-order valence-electron chi connectivity index (χ3n) is 3.06. The SMILES string of the molecule is CCc1cccc(N[C@H](C)C2CC2)c1. The van der Waals surface area contributed by atoms with Crippen LogP contribution in [-0.4, -0.2) is 6.04 Å². The Labute approximate surface area is 86.5 Å². The minimum atomic E-state index is 0.641. The smallest absolute Gasteiger partial charge is 0.0345 e. The van der Waals surface area contributed by atoms with E-state index in [0.717, 1.165) is 12.3 Å². The Balaban J connectivity index is 2.00. The maximum Gasteiger partial charge on any atom is 0.0345 e. The van der Waals surface area contributed by atoms with Gasteiger partial charge >= 0.3 is 0 Å². The van der Waals surface area contributed by atoms with Gasteiger partial charge in [-0.3, -0.25) is 0 Å². The second-order valence-corrected chi connectivity index (χ2v) is 4.32. The number of aryl methyl sites for hydroxylation is 1. The molecular formula is C13H19N. The van der Waals surface area contributed by atoms with Crippen LogP contribution in [0, 0.1) is 5.92 Å². The van der Waals surface area contributed by atoms with Crippen LogP contribution >= 0.6 is 0 Å². The molecule has 1 aliphatic carbocycles. The highest BCUT2D eigenvalue weighted by Gasteiger charge is 2.27. The molecule has 2 rings (SSSR count). The standard InChI is InChI=1S/C13H19N/c1-3-11-5-4-6-13(9-11)14-10(2)12-7-8-12/h4-6,9-10,12,14H,3,7-8H2,1-2H3/t10-/m1/s1. The molecule has 1 N–H and O–H groups in total. The van der Waals surface area contributed by atoms with Gasteiger partial charge in [-0.05, 0) is 49.8 Å². The first-order chi connectivity index (χ1) is 6.79. The zero-order valence-corrected chi connectivity index (χ0v) is 9.09. The summed E-state index contributed by atoms with van der Waals surface area (Å²) in [7, 11) is 0. The molecule has 0 unspecified atom stereocenters. The van der Waals surface area contributed by atoms with Gasteiger partial charge in [0.05, 0.1) is 0 Å². The fourth-order valence-corrected chi connectivity index (χ4v) is 1.86. The molecule has 0 radical (unpaired) electrons. The van der Waals surface area contributed by atoms with Crippen LogP contribution in [0.2, 0.25) is 0 Å². The molecule has 1 saturated carbocycles. The van der Waals surface area contributed by atoms with Gasteiger partial charge in [0, 0.05) is 11.7 Å². The Bertz CT molecular complexity index is 302. The topological polar surface area (TPSA) is 12.0 Å². The second-order valence-electron chi connectivity index (χ2n) is 4.32. The molecule has 0 amide bonds. The van der Waals surface area contributed by atoms with Crippen molar-refractivity contribution in [1.82, 2.24) is 0 Å². The minimum absolute atomic E-state index is 0.641. The van der Waals surface area contributed by atoms with E-state index in [9.17, 15) is 0 Å². The summed E-state index contributed by atoms with van der Waals surface area (Å²) < 4.78 is 0. The van der Waals surface area contributed by atoms with Crippen molar-refractivity contribution >= 4 is 5.69 Å². The van der Waals surface area contributed by atoms with Crippen molar-refractivity contribution < 1.29 is 0 Å². The second kappa shape index (κ2) is 4.04. The van der Waals surface area contributed by atoms with E-state index >= 15 is 0 Å². The van der Waals surface area contributed by atoms with Crippen molar-refractivity contribution in [2.75, 3.05) is 5.32 Å². The molecule has 0 spiro atoms. The molecule has 14 heavy (non-hydrogen) atoms. The van der Waals surface area contributed by atoms with Crippen LogP contribution in [0.4, 0.5) is 5.69 Å². The predicted octanol–water partition coefficient (Wildman–Crippen LogP) is 3.46. The third kappa shape index (κ3) is 2.28. The van der Waals surface area contributed by atoms with E-state index in [1.807, 2.05) is 0 Å². The lowest BCUT2D eigenvalue weighted by Gasteiger charge is -2.14.